The van der Waals surface area contributed by atoms with E-state index in [0.29, 0.717) is 18.0 Å². The molecule has 1 amide bonds. The summed E-state index contributed by atoms with van der Waals surface area (Å²) in [5.74, 6) is 0.308. The smallest absolute Gasteiger partial charge is 0.239 e. The molecule has 0 radical (unpaired) electrons. The Labute approximate surface area is 124 Å². The highest BCUT2D eigenvalue weighted by molar-refractivity contribution is 5.82. The number of unbranched alkanes of at least 4 members (excludes halogenated alkanes) is 1. The molecule has 4 heteroatoms. The number of rotatable bonds is 8. The molecular weight excluding hydrogens is 250 g/mol. The zero-order valence-corrected chi connectivity index (χ0v) is 14.0. The van der Waals surface area contributed by atoms with Crippen LogP contribution in [0.4, 0.5) is 0 Å². The predicted octanol–water partition coefficient (Wildman–Crippen LogP) is 2.10. The third-order valence-electron chi connectivity index (χ3n) is 4.14. The zero-order chi connectivity index (χ0) is 15.1. The van der Waals surface area contributed by atoms with Crippen LogP contribution in [0.15, 0.2) is 0 Å². The maximum Gasteiger partial charge on any atom is 0.239 e. The van der Waals surface area contributed by atoms with Gasteiger partial charge < -0.3 is 15.1 Å². The van der Waals surface area contributed by atoms with E-state index in [4.69, 9.17) is 0 Å². The van der Waals surface area contributed by atoms with Crippen LogP contribution in [0.25, 0.3) is 0 Å². The second-order valence-corrected chi connectivity index (χ2v) is 6.62. The largest absolute Gasteiger partial charge is 0.341 e. The van der Waals surface area contributed by atoms with Crippen molar-refractivity contribution in [3.63, 3.8) is 0 Å². The number of hydrogen-bond donors (Lipinski definition) is 1. The summed E-state index contributed by atoms with van der Waals surface area (Å²) in [6, 6.07) is 1.02. The number of nitrogens with one attached hydrogen (secondary N) is 1. The van der Waals surface area contributed by atoms with Crippen LogP contribution in [0, 0.1) is 0 Å². The lowest BCUT2D eigenvalue weighted by atomic mass is 10.0. The second-order valence-electron chi connectivity index (χ2n) is 6.62. The van der Waals surface area contributed by atoms with Gasteiger partial charge in [0.2, 0.25) is 5.91 Å². The highest BCUT2D eigenvalue weighted by Crippen LogP contribution is 2.13. The lowest BCUT2D eigenvalue weighted by molar-refractivity contribution is -0.136. The third kappa shape index (κ3) is 5.80. The van der Waals surface area contributed by atoms with Crippen molar-refractivity contribution in [2.24, 2.45) is 0 Å². The van der Waals surface area contributed by atoms with Gasteiger partial charge in [0, 0.05) is 25.2 Å². The monoisotopic (exact) mass is 283 g/mol. The molecule has 0 saturated carbocycles. The molecular formula is C16H33N3O. The van der Waals surface area contributed by atoms with E-state index in [1.54, 1.807) is 0 Å². The number of hydrogen-bond acceptors (Lipinski definition) is 3. The maximum absolute atomic E-state index is 12.4. The normalized spacial score (nSPS) is 20.5. The summed E-state index contributed by atoms with van der Waals surface area (Å²) in [5, 5.41) is 3.39. The minimum atomic E-state index is 0.0436. The first-order chi connectivity index (χ1) is 9.41. The number of carbonyl (C=O) groups excluding carboxylic acids is 1. The number of nitrogens with zero attached hydrogens (tertiary/aromatic N) is 2. The predicted molar refractivity (Wildman–Crippen MR) is 84.9 cm³/mol. The van der Waals surface area contributed by atoms with Gasteiger partial charge in [-0.1, -0.05) is 13.8 Å². The summed E-state index contributed by atoms with van der Waals surface area (Å²) >= 11 is 0. The lowest BCUT2D eigenvalue weighted by Gasteiger charge is -2.34. The van der Waals surface area contributed by atoms with Crippen LogP contribution in [0.5, 0.6) is 0 Å². The van der Waals surface area contributed by atoms with Gasteiger partial charge in [0.25, 0.3) is 0 Å². The first-order valence-electron chi connectivity index (χ1n) is 8.17. The molecule has 0 aromatic rings. The summed E-state index contributed by atoms with van der Waals surface area (Å²) in [6.45, 7) is 11.6. The van der Waals surface area contributed by atoms with Crippen molar-refractivity contribution in [2.75, 3.05) is 26.7 Å². The van der Waals surface area contributed by atoms with Crippen LogP contribution >= 0.6 is 0 Å². The van der Waals surface area contributed by atoms with Crippen LogP contribution < -0.4 is 5.32 Å². The van der Waals surface area contributed by atoms with E-state index in [2.05, 4.69) is 49.9 Å². The minimum absolute atomic E-state index is 0.0436. The van der Waals surface area contributed by atoms with Gasteiger partial charge in [0.1, 0.15) is 0 Å². The molecule has 1 atom stereocenters. The van der Waals surface area contributed by atoms with Crippen LogP contribution in [0.3, 0.4) is 0 Å². The topological polar surface area (TPSA) is 35.6 Å². The van der Waals surface area contributed by atoms with E-state index in [9.17, 15) is 4.79 Å². The van der Waals surface area contributed by atoms with Crippen LogP contribution in [-0.2, 0) is 4.79 Å². The molecule has 1 fully saturated rings. The van der Waals surface area contributed by atoms with Crippen LogP contribution in [0.1, 0.15) is 53.4 Å². The fourth-order valence-electron chi connectivity index (χ4n) is 2.64. The molecule has 0 spiro atoms. The van der Waals surface area contributed by atoms with E-state index in [-0.39, 0.29) is 6.04 Å². The van der Waals surface area contributed by atoms with Gasteiger partial charge in [-0.05, 0) is 53.1 Å². The third-order valence-corrected chi connectivity index (χ3v) is 4.14. The average molecular weight is 283 g/mol. The Bertz CT molecular complexity index is 291. The van der Waals surface area contributed by atoms with E-state index in [0.717, 1.165) is 38.9 Å². The standard InChI is InChI=1S/C16H33N3O/c1-13(2)17-15-9-8-12-19(16(15)20)11-7-6-10-18(5)14(3)4/h13-15,17H,6-12H2,1-5H3. The Balaban J connectivity index is 2.27. The average Bonchev–Trinajstić information content (AvgIpc) is 2.37. The van der Waals surface area contributed by atoms with Crippen molar-refractivity contribution in [3.8, 4) is 0 Å². The van der Waals surface area contributed by atoms with Gasteiger partial charge in [-0.15, -0.1) is 0 Å². The molecule has 118 valence electrons. The Hall–Kier alpha value is -0.610. The second kappa shape index (κ2) is 8.63. The Morgan fingerprint density at radius 3 is 2.60 bits per heavy atom. The lowest BCUT2D eigenvalue weighted by Crippen LogP contribution is -2.52. The van der Waals surface area contributed by atoms with E-state index < -0.39 is 0 Å². The zero-order valence-electron chi connectivity index (χ0n) is 14.0. The number of piperidine rings is 1. The molecule has 1 N–H and O–H groups in total. The fraction of sp³-hybridized carbons (Fsp3) is 0.938. The van der Waals surface area contributed by atoms with Gasteiger partial charge in [0.15, 0.2) is 0 Å². The highest BCUT2D eigenvalue weighted by Gasteiger charge is 2.28. The molecule has 4 nitrogen and oxygen atoms in total. The first-order valence-corrected chi connectivity index (χ1v) is 8.17. The molecule has 1 rings (SSSR count). The molecule has 1 unspecified atom stereocenters. The van der Waals surface area contributed by atoms with Crippen molar-refractivity contribution in [1.82, 2.24) is 15.1 Å². The quantitative estimate of drug-likeness (QED) is 0.693. The summed E-state index contributed by atoms with van der Waals surface area (Å²) in [5.41, 5.74) is 0. The summed E-state index contributed by atoms with van der Waals surface area (Å²) < 4.78 is 0. The fourth-order valence-corrected chi connectivity index (χ4v) is 2.64. The van der Waals surface area contributed by atoms with Crippen molar-refractivity contribution in [3.05, 3.63) is 0 Å². The molecule has 1 aliphatic heterocycles. The SMILES string of the molecule is CC(C)NC1CCCN(CCCCN(C)C(C)C)C1=O. The molecule has 0 bridgehead atoms. The van der Waals surface area contributed by atoms with E-state index in [1.807, 2.05) is 0 Å². The van der Waals surface area contributed by atoms with E-state index >= 15 is 0 Å². The Kier molecular flexibility index (Phi) is 7.52. The molecule has 0 aromatic carbocycles. The molecule has 20 heavy (non-hydrogen) atoms. The maximum atomic E-state index is 12.4. The van der Waals surface area contributed by atoms with Gasteiger partial charge in [-0.25, -0.2) is 0 Å². The van der Waals surface area contributed by atoms with Gasteiger partial charge in [-0.2, -0.15) is 0 Å². The summed E-state index contributed by atoms with van der Waals surface area (Å²) in [6.07, 6.45) is 4.39. The Morgan fingerprint density at radius 2 is 2.00 bits per heavy atom. The van der Waals surface area contributed by atoms with Crippen LogP contribution in [0.2, 0.25) is 0 Å². The van der Waals surface area contributed by atoms with Crippen molar-refractivity contribution in [1.29, 1.82) is 0 Å². The number of likely N-dealkylation sites (tertiary alicyclic amines) is 1. The number of carbonyl (C=O) groups is 1. The van der Waals surface area contributed by atoms with Crippen molar-refractivity contribution < 1.29 is 4.79 Å². The first kappa shape index (κ1) is 17.4. The van der Waals surface area contributed by atoms with Gasteiger partial charge in [-0.3, -0.25) is 4.79 Å². The molecule has 1 aliphatic rings. The van der Waals surface area contributed by atoms with Crippen LogP contribution in [-0.4, -0.2) is 60.5 Å². The van der Waals surface area contributed by atoms with Crippen molar-refractivity contribution in [2.45, 2.75) is 71.5 Å². The summed E-state index contributed by atoms with van der Waals surface area (Å²) in [7, 11) is 2.17. The molecule has 1 heterocycles. The Morgan fingerprint density at radius 1 is 1.30 bits per heavy atom. The molecule has 0 aromatic heterocycles. The highest BCUT2D eigenvalue weighted by atomic mass is 16.2. The summed E-state index contributed by atoms with van der Waals surface area (Å²) in [4.78, 5) is 16.8. The van der Waals surface area contributed by atoms with Crippen molar-refractivity contribution >= 4 is 5.91 Å². The molecule has 1 saturated heterocycles. The minimum Gasteiger partial charge on any atom is -0.341 e. The van der Waals surface area contributed by atoms with Gasteiger partial charge in [0.05, 0.1) is 6.04 Å². The molecule has 0 aliphatic carbocycles. The van der Waals surface area contributed by atoms with Gasteiger partial charge >= 0.3 is 0 Å². The van der Waals surface area contributed by atoms with E-state index in [1.165, 1.54) is 6.42 Å². The number of amides is 1.